The van der Waals surface area contributed by atoms with Crippen LogP contribution in [0, 0.1) is 12.8 Å². The van der Waals surface area contributed by atoms with Crippen molar-refractivity contribution in [2.24, 2.45) is 11.7 Å². The smallest absolute Gasteiger partial charge is 0.0544 e. The summed E-state index contributed by atoms with van der Waals surface area (Å²) in [5.41, 5.74) is 8.09. The molecule has 2 N–H and O–H groups in total. The molecule has 0 unspecified atom stereocenters. The van der Waals surface area contributed by atoms with Gasteiger partial charge in [-0.25, -0.2) is 0 Å². The molecule has 0 spiro atoms. The number of pyridine rings is 1. The molecule has 0 aliphatic carbocycles. The second-order valence-corrected chi connectivity index (χ2v) is 4.78. The van der Waals surface area contributed by atoms with E-state index in [1.54, 1.807) is 0 Å². The second kappa shape index (κ2) is 5.41. The SMILES string of the molecule is Cc1ccc(CN2CCC(CN)CC2)nc1. The average molecular weight is 219 g/mol. The lowest BCUT2D eigenvalue weighted by Crippen LogP contribution is -2.35. The van der Waals surface area contributed by atoms with Crippen LogP contribution in [-0.4, -0.2) is 29.5 Å². The topological polar surface area (TPSA) is 42.1 Å². The normalized spacial score (nSPS) is 18.9. The van der Waals surface area contributed by atoms with E-state index in [2.05, 4.69) is 28.9 Å². The van der Waals surface area contributed by atoms with E-state index in [0.717, 1.165) is 32.1 Å². The third kappa shape index (κ3) is 3.03. The highest BCUT2D eigenvalue weighted by atomic mass is 15.1. The Morgan fingerprint density at radius 1 is 1.38 bits per heavy atom. The first kappa shape index (κ1) is 11.6. The molecule has 1 aliphatic heterocycles. The van der Waals surface area contributed by atoms with Crippen molar-refractivity contribution in [3.05, 3.63) is 29.6 Å². The molecule has 1 saturated heterocycles. The van der Waals surface area contributed by atoms with Crippen LogP contribution < -0.4 is 5.73 Å². The van der Waals surface area contributed by atoms with Gasteiger partial charge in [-0.3, -0.25) is 9.88 Å². The summed E-state index contributed by atoms with van der Waals surface area (Å²) in [6.45, 7) is 6.23. The van der Waals surface area contributed by atoms with Gasteiger partial charge in [0.1, 0.15) is 0 Å². The first-order valence-electron chi connectivity index (χ1n) is 6.12. The molecule has 1 aromatic heterocycles. The van der Waals surface area contributed by atoms with Gasteiger partial charge < -0.3 is 5.73 Å². The highest BCUT2D eigenvalue weighted by molar-refractivity contribution is 5.12. The van der Waals surface area contributed by atoms with E-state index in [9.17, 15) is 0 Å². The van der Waals surface area contributed by atoms with E-state index in [-0.39, 0.29) is 0 Å². The Hall–Kier alpha value is -0.930. The van der Waals surface area contributed by atoms with Gasteiger partial charge in [0.25, 0.3) is 0 Å². The summed E-state index contributed by atoms with van der Waals surface area (Å²) in [7, 11) is 0. The average Bonchev–Trinajstić information content (AvgIpc) is 2.33. The molecule has 1 aromatic rings. The molecule has 88 valence electrons. The lowest BCUT2D eigenvalue weighted by atomic mass is 9.97. The van der Waals surface area contributed by atoms with E-state index >= 15 is 0 Å². The van der Waals surface area contributed by atoms with Crippen LogP contribution in [-0.2, 0) is 6.54 Å². The number of nitrogens with zero attached hydrogens (tertiary/aromatic N) is 2. The molecule has 0 aromatic carbocycles. The quantitative estimate of drug-likeness (QED) is 0.839. The number of aromatic nitrogens is 1. The van der Waals surface area contributed by atoms with Crippen LogP contribution in [0.4, 0.5) is 0 Å². The summed E-state index contributed by atoms with van der Waals surface area (Å²) in [6, 6.07) is 4.26. The Morgan fingerprint density at radius 2 is 2.12 bits per heavy atom. The van der Waals surface area contributed by atoms with Crippen LogP contribution in [0.1, 0.15) is 24.1 Å². The summed E-state index contributed by atoms with van der Waals surface area (Å²) in [5, 5.41) is 0. The van der Waals surface area contributed by atoms with E-state index in [1.165, 1.54) is 24.1 Å². The summed E-state index contributed by atoms with van der Waals surface area (Å²) in [6.07, 6.45) is 4.42. The summed E-state index contributed by atoms with van der Waals surface area (Å²) in [4.78, 5) is 6.92. The first-order valence-corrected chi connectivity index (χ1v) is 6.12. The number of hydrogen-bond acceptors (Lipinski definition) is 3. The molecule has 0 saturated carbocycles. The van der Waals surface area contributed by atoms with Crippen LogP contribution in [0.25, 0.3) is 0 Å². The number of aryl methyl sites for hydroxylation is 1. The molecule has 0 radical (unpaired) electrons. The molecule has 3 heteroatoms. The van der Waals surface area contributed by atoms with Crippen LogP contribution in [0.5, 0.6) is 0 Å². The van der Waals surface area contributed by atoms with Gasteiger partial charge in [-0.2, -0.15) is 0 Å². The Balaban J connectivity index is 1.84. The second-order valence-electron chi connectivity index (χ2n) is 4.78. The number of nitrogens with two attached hydrogens (primary N) is 1. The van der Waals surface area contributed by atoms with Crippen LogP contribution in [0.2, 0.25) is 0 Å². The maximum Gasteiger partial charge on any atom is 0.0544 e. The van der Waals surface area contributed by atoms with Crippen molar-refractivity contribution < 1.29 is 0 Å². The number of likely N-dealkylation sites (tertiary alicyclic amines) is 1. The van der Waals surface area contributed by atoms with Crippen molar-refractivity contribution in [3.8, 4) is 0 Å². The highest BCUT2D eigenvalue weighted by Gasteiger charge is 2.17. The van der Waals surface area contributed by atoms with Gasteiger partial charge in [0.2, 0.25) is 0 Å². The maximum absolute atomic E-state index is 5.69. The fourth-order valence-electron chi connectivity index (χ4n) is 2.20. The van der Waals surface area contributed by atoms with Gasteiger partial charge in [0, 0.05) is 12.7 Å². The van der Waals surface area contributed by atoms with Crippen LogP contribution in [0.15, 0.2) is 18.3 Å². The lowest BCUT2D eigenvalue weighted by Gasteiger charge is -2.30. The van der Waals surface area contributed by atoms with Crippen molar-refractivity contribution in [2.45, 2.75) is 26.3 Å². The molecule has 2 rings (SSSR count). The Labute approximate surface area is 97.7 Å². The number of piperidine rings is 1. The zero-order chi connectivity index (χ0) is 11.4. The lowest BCUT2D eigenvalue weighted by molar-refractivity contribution is 0.178. The fourth-order valence-corrected chi connectivity index (χ4v) is 2.20. The molecule has 1 aliphatic rings. The third-order valence-corrected chi connectivity index (χ3v) is 3.40. The summed E-state index contributed by atoms with van der Waals surface area (Å²) < 4.78 is 0. The molecule has 0 amide bonds. The molecule has 2 heterocycles. The van der Waals surface area contributed by atoms with E-state index in [4.69, 9.17) is 5.73 Å². The van der Waals surface area contributed by atoms with E-state index in [1.807, 2.05) is 6.20 Å². The summed E-state index contributed by atoms with van der Waals surface area (Å²) >= 11 is 0. The summed E-state index contributed by atoms with van der Waals surface area (Å²) in [5.74, 6) is 0.738. The third-order valence-electron chi connectivity index (χ3n) is 3.40. The van der Waals surface area contributed by atoms with Gasteiger partial charge in [-0.1, -0.05) is 6.07 Å². The molecule has 1 fully saturated rings. The standard InChI is InChI=1S/C13H21N3/c1-11-2-3-13(15-9-11)10-16-6-4-12(8-14)5-7-16/h2-3,9,12H,4-8,10,14H2,1H3. The molecule has 3 nitrogen and oxygen atoms in total. The minimum absolute atomic E-state index is 0.738. The van der Waals surface area contributed by atoms with Crippen molar-refractivity contribution >= 4 is 0 Å². The fraction of sp³-hybridized carbons (Fsp3) is 0.615. The van der Waals surface area contributed by atoms with E-state index in [0.29, 0.717) is 0 Å². The van der Waals surface area contributed by atoms with Gasteiger partial charge in [-0.05, 0) is 56.9 Å². The number of hydrogen-bond donors (Lipinski definition) is 1. The van der Waals surface area contributed by atoms with Gasteiger partial charge in [0.05, 0.1) is 5.69 Å². The predicted octanol–water partition coefficient (Wildman–Crippen LogP) is 1.56. The first-order chi connectivity index (χ1) is 7.78. The van der Waals surface area contributed by atoms with Crippen LogP contribution in [0.3, 0.4) is 0 Å². The Morgan fingerprint density at radius 3 is 2.69 bits per heavy atom. The van der Waals surface area contributed by atoms with Crippen molar-refractivity contribution in [1.82, 2.24) is 9.88 Å². The molecule has 16 heavy (non-hydrogen) atoms. The molecule has 0 bridgehead atoms. The largest absolute Gasteiger partial charge is 0.330 e. The molecular weight excluding hydrogens is 198 g/mol. The Kier molecular flexibility index (Phi) is 3.91. The van der Waals surface area contributed by atoms with Crippen molar-refractivity contribution in [1.29, 1.82) is 0 Å². The monoisotopic (exact) mass is 219 g/mol. The molecular formula is C13H21N3. The van der Waals surface area contributed by atoms with Gasteiger partial charge >= 0.3 is 0 Å². The van der Waals surface area contributed by atoms with Crippen molar-refractivity contribution in [3.63, 3.8) is 0 Å². The minimum atomic E-state index is 0.738. The van der Waals surface area contributed by atoms with Gasteiger partial charge in [0.15, 0.2) is 0 Å². The Bertz CT molecular complexity index is 312. The number of rotatable bonds is 3. The molecule has 0 atom stereocenters. The minimum Gasteiger partial charge on any atom is -0.330 e. The van der Waals surface area contributed by atoms with Crippen LogP contribution >= 0.6 is 0 Å². The highest BCUT2D eigenvalue weighted by Crippen LogP contribution is 2.17. The van der Waals surface area contributed by atoms with Gasteiger partial charge in [-0.15, -0.1) is 0 Å². The van der Waals surface area contributed by atoms with E-state index < -0.39 is 0 Å². The maximum atomic E-state index is 5.69. The zero-order valence-corrected chi connectivity index (χ0v) is 10.0. The van der Waals surface area contributed by atoms with Crippen molar-refractivity contribution in [2.75, 3.05) is 19.6 Å². The predicted molar refractivity (Wildman–Crippen MR) is 66.0 cm³/mol. The zero-order valence-electron chi connectivity index (χ0n) is 10.0.